The maximum absolute atomic E-state index is 13.1. The lowest BCUT2D eigenvalue weighted by Gasteiger charge is -2.34. The molecule has 4 nitrogen and oxygen atoms in total. The molecule has 1 aliphatic rings. The van der Waals surface area contributed by atoms with Crippen LogP contribution >= 0.6 is 11.3 Å². The van der Waals surface area contributed by atoms with E-state index in [0.29, 0.717) is 18.0 Å². The Morgan fingerprint density at radius 3 is 2.81 bits per heavy atom. The van der Waals surface area contributed by atoms with Crippen LogP contribution in [0.2, 0.25) is 0 Å². The van der Waals surface area contributed by atoms with Crippen molar-refractivity contribution < 1.29 is 8.42 Å². The van der Waals surface area contributed by atoms with Crippen molar-refractivity contribution in [2.75, 3.05) is 13.1 Å². The van der Waals surface area contributed by atoms with Gasteiger partial charge in [0.2, 0.25) is 10.0 Å². The second kappa shape index (κ2) is 7.22. The minimum atomic E-state index is -3.37. The molecule has 1 aromatic rings. The molecule has 1 fully saturated rings. The normalized spacial score (nSPS) is 20.8. The average Bonchev–Trinajstić information content (AvgIpc) is 2.86. The first-order valence-corrected chi connectivity index (χ1v) is 10.1. The quantitative estimate of drug-likeness (QED) is 0.872. The van der Waals surface area contributed by atoms with Gasteiger partial charge in [-0.3, -0.25) is 0 Å². The molecule has 0 bridgehead atoms. The molecule has 2 rings (SSSR count). The predicted octanol–water partition coefficient (Wildman–Crippen LogP) is 3.12. The summed E-state index contributed by atoms with van der Waals surface area (Å²) in [6.07, 6.45) is 3.99. The van der Waals surface area contributed by atoms with Crippen LogP contribution in [0.1, 0.15) is 50.0 Å². The van der Waals surface area contributed by atoms with Gasteiger partial charge in [0.25, 0.3) is 0 Å². The van der Waals surface area contributed by atoms with Gasteiger partial charge in [-0.2, -0.15) is 4.31 Å². The Kier molecular flexibility index (Phi) is 5.82. The fraction of sp³-hybridized carbons (Fsp3) is 0.733. The van der Waals surface area contributed by atoms with E-state index in [4.69, 9.17) is 0 Å². The zero-order valence-electron chi connectivity index (χ0n) is 13.2. The van der Waals surface area contributed by atoms with E-state index < -0.39 is 10.0 Å². The Bertz CT molecular complexity index is 566. The Hall–Kier alpha value is -0.430. The Balaban J connectivity index is 2.36. The van der Waals surface area contributed by atoms with E-state index in [0.717, 1.165) is 42.7 Å². The van der Waals surface area contributed by atoms with Crippen LogP contribution in [0.4, 0.5) is 0 Å². The zero-order chi connectivity index (χ0) is 15.5. The van der Waals surface area contributed by atoms with Crippen molar-refractivity contribution in [2.24, 2.45) is 0 Å². The summed E-state index contributed by atoms with van der Waals surface area (Å²) in [5.41, 5.74) is 0.883. The van der Waals surface area contributed by atoms with Gasteiger partial charge in [-0.15, -0.1) is 11.3 Å². The molecule has 21 heavy (non-hydrogen) atoms. The number of sulfonamides is 1. The first-order valence-electron chi connectivity index (χ1n) is 7.81. The van der Waals surface area contributed by atoms with Crippen molar-refractivity contribution in [3.05, 3.63) is 15.8 Å². The second-order valence-electron chi connectivity index (χ2n) is 5.62. The summed E-state index contributed by atoms with van der Waals surface area (Å²) in [5, 5.41) is 5.21. The molecule has 1 N–H and O–H groups in total. The van der Waals surface area contributed by atoms with Crippen molar-refractivity contribution in [3.63, 3.8) is 0 Å². The van der Waals surface area contributed by atoms with Crippen LogP contribution in [-0.4, -0.2) is 31.9 Å². The number of nitrogens with one attached hydrogen (secondary N) is 1. The molecule has 0 spiro atoms. The molecule has 0 aliphatic carbocycles. The lowest BCUT2D eigenvalue weighted by molar-refractivity contribution is 0.246. The third-order valence-corrected chi connectivity index (χ3v) is 7.55. The van der Waals surface area contributed by atoms with Gasteiger partial charge in [0.1, 0.15) is 4.90 Å². The van der Waals surface area contributed by atoms with Gasteiger partial charge < -0.3 is 5.32 Å². The number of nitrogens with zero attached hydrogens (tertiary/aromatic N) is 1. The van der Waals surface area contributed by atoms with Crippen molar-refractivity contribution in [1.82, 2.24) is 9.62 Å². The third-order valence-electron chi connectivity index (χ3n) is 4.14. The topological polar surface area (TPSA) is 49.4 Å². The van der Waals surface area contributed by atoms with Crippen LogP contribution < -0.4 is 5.32 Å². The largest absolute Gasteiger partial charge is 0.312 e. The van der Waals surface area contributed by atoms with Crippen LogP contribution in [-0.2, 0) is 16.6 Å². The second-order valence-corrected chi connectivity index (χ2v) is 8.42. The SMILES string of the molecule is CCNCc1scc(C)c1S(=O)(=O)N1CCCCC1CC. The van der Waals surface area contributed by atoms with Crippen molar-refractivity contribution in [2.45, 2.75) is 63.9 Å². The Morgan fingerprint density at radius 1 is 1.38 bits per heavy atom. The van der Waals surface area contributed by atoms with Crippen molar-refractivity contribution >= 4 is 21.4 Å². The number of hydrogen-bond acceptors (Lipinski definition) is 4. The van der Waals surface area contributed by atoms with Crippen LogP contribution in [0, 0.1) is 6.92 Å². The van der Waals surface area contributed by atoms with Crippen molar-refractivity contribution in [3.8, 4) is 0 Å². The minimum absolute atomic E-state index is 0.162. The molecule has 0 radical (unpaired) electrons. The van der Waals surface area contributed by atoms with Crippen LogP contribution in [0.3, 0.4) is 0 Å². The fourth-order valence-corrected chi connectivity index (χ4v) is 6.51. The van der Waals surface area contributed by atoms with Gasteiger partial charge >= 0.3 is 0 Å². The van der Waals surface area contributed by atoms with E-state index in [1.807, 2.05) is 19.2 Å². The molecule has 1 saturated heterocycles. The summed E-state index contributed by atoms with van der Waals surface area (Å²) in [6.45, 7) is 8.16. The van der Waals surface area contributed by atoms with Gasteiger partial charge in [-0.25, -0.2) is 8.42 Å². The molecule has 0 saturated carbocycles. The summed E-state index contributed by atoms with van der Waals surface area (Å²) in [5.74, 6) is 0. The third kappa shape index (κ3) is 3.50. The molecular weight excluding hydrogens is 304 g/mol. The minimum Gasteiger partial charge on any atom is -0.312 e. The molecule has 120 valence electrons. The van der Waals surface area contributed by atoms with Gasteiger partial charge in [-0.05, 0) is 43.7 Å². The molecule has 1 aliphatic heterocycles. The smallest absolute Gasteiger partial charge is 0.244 e. The van der Waals surface area contributed by atoms with Gasteiger partial charge in [0, 0.05) is 24.0 Å². The van der Waals surface area contributed by atoms with E-state index >= 15 is 0 Å². The lowest BCUT2D eigenvalue weighted by Crippen LogP contribution is -2.43. The summed E-state index contributed by atoms with van der Waals surface area (Å²) in [4.78, 5) is 1.49. The molecule has 2 heterocycles. The number of aryl methyl sites for hydroxylation is 1. The highest BCUT2D eigenvalue weighted by molar-refractivity contribution is 7.89. The highest BCUT2D eigenvalue weighted by atomic mass is 32.2. The average molecular weight is 331 g/mol. The van der Waals surface area contributed by atoms with Crippen molar-refractivity contribution in [1.29, 1.82) is 0 Å². The van der Waals surface area contributed by atoms with E-state index in [1.54, 1.807) is 15.6 Å². The Labute approximate surface area is 132 Å². The molecule has 0 aromatic carbocycles. The first kappa shape index (κ1) is 16.9. The highest BCUT2D eigenvalue weighted by Gasteiger charge is 2.35. The fourth-order valence-electron chi connectivity index (χ4n) is 3.01. The zero-order valence-corrected chi connectivity index (χ0v) is 14.8. The maximum atomic E-state index is 13.1. The van der Waals surface area contributed by atoms with E-state index in [2.05, 4.69) is 12.2 Å². The first-order chi connectivity index (χ1) is 10.0. The molecule has 1 atom stereocenters. The monoisotopic (exact) mass is 330 g/mol. The van der Waals surface area contributed by atoms with Crippen LogP contribution in [0.25, 0.3) is 0 Å². The standard InChI is InChI=1S/C15H26N2O2S2/c1-4-13-8-6-7-9-17(13)21(18,19)15-12(3)11-20-14(15)10-16-5-2/h11,13,16H,4-10H2,1-3H3. The van der Waals surface area contributed by atoms with Gasteiger partial charge in [-0.1, -0.05) is 20.3 Å². The molecule has 6 heteroatoms. The maximum Gasteiger partial charge on any atom is 0.244 e. The number of hydrogen-bond donors (Lipinski definition) is 1. The summed E-state index contributed by atoms with van der Waals surface area (Å²) in [6, 6.07) is 0.162. The van der Waals surface area contributed by atoms with E-state index in [1.165, 1.54) is 0 Å². The van der Waals surface area contributed by atoms with E-state index in [9.17, 15) is 8.42 Å². The summed E-state index contributed by atoms with van der Waals surface area (Å²) < 4.78 is 28.0. The molecular formula is C15H26N2O2S2. The van der Waals surface area contributed by atoms with E-state index in [-0.39, 0.29) is 6.04 Å². The number of thiophene rings is 1. The number of piperidine rings is 1. The summed E-state index contributed by atoms with van der Waals surface area (Å²) >= 11 is 1.55. The summed E-state index contributed by atoms with van der Waals surface area (Å²) in [7, 11) is -3.37. The van der Waals surface area contributed by atoms with Gasteiger partial charge in [0.15, 0.2) is 0 Å². The molecule has 0 amide bonds. The molecule has 1 aromatic heterocycles. The number of rotatable bonds is 6. The predicted molar refractivity (Wildman–Crippen MR) is 88.3 cm³/mol. The Morgan fingerprint density at radius 2 is 2.14 bits per heavy atom. The van der Waals surface area contributed by atoms with Crippen LogP contribution in [0.5, 0.6) is 0 Å². The highest BCUT2D eigenvalue weighted by Crippen LogP contribution is 2.33. The van der Waals surface area contributed by atoms with Crippen LogP contribution in [0.15, 0.2) is 10.3 Å². The lowest BCUT2D eigenvalue weighted by atomic mass is 10.0. The molecule has 1 unspecified atom stereocenters. The van der Waals surface area contributed by atoms with Gasteiger partial charge in [0.05, 0.1) is 0 Å².